The Balaban J connectivity index is 2.72. The molecule has 0 unspecified atom stereocenters. The van der Waals surface area contributed by atoms with Gasteiger partial charge in [0.05, 0.1) is 6.61 Å². The number of methoxy groups -OCH3 is 1. The molecule has 0 aromatic heterocycles. The maximum absolute atomic E-state index is 12.2. The topological polar surface area (TPSA) is 67.9 Å². The maximum atomic E-state index is 12.2. The monoisotopic (exact) mass is 400 g/mol. The van der Waals surface area contributed by atoms with Crippen molar-refractivity contribution in [3.8, 4) is 0 Å². The van der Waals surface area contributed by atoms with Crippen molar-refractivity contribution in [1.82, 2.24) is 4.90 Å². The summed E-state index contributed by atoms with van der Waals surface area (Å²) in [6, 6.07) is 5.51. The van der Waals surface area contributed by atoms with E-state index >= 15 is 0 Å². The van der Waals surface area contributed by atoms with Gasteiger partial charge in [0.2, 0.25) is 5.91 Å². The number of nitrogens with one attached hydrogen (secondary N) is 1. The predicted molar refractivity (Wildman–Crippen MR) is 97.2 cm³/mol. The molecule has 0 aliphatic heterocycles. The molecule has 1 aromatic carbocycles. The van der Waals surface area contributed by atoms with E-state index in [1.54, 1.807) is 26.8 Å². The van der Waals surface area contributed by atoms with Gasteiger partial charge in [-0.3, -0.25) is 9.69 Å². The van der Waals surface area contributed by atoms with Crippen molar-refractivity contribution < 1.29 is 19.1 Å². The van der Waals surface area contributed by atoms with Crippen LogP contribution in [0.4, 0.5) is 10.5 Å². The van der Waals surface area contributed by atoms with Crippen molar-refractivity contribution in [3.05, 3.63) is 28.2 Å². The van der Waals surface area contributed by atoms with Crippen LogP contribution in [-0.2, 0) is 14.3 Å². The van der Waals surface area contributed by atoms with Gasteiger partial charge in [0.1, 0.15) is 12.1 Å². The first kappa shape index (κ1) is 20.4. The zero-order valence-electron chi connectivity index (χ0n) is 14.8. The zero-order valence-corrected chi connectivity index (χ0v) is 16.4. The molecule has 0 saturated carbocycles. The highest BCUT2D eigenvalue weighted by Gasteiger charge is 2.23. The highest BCUT2D eigenvalue weighted by Crippen LogP contribution is 2.20. The first-order chi connectivity index (χ1) is 11.1. The van der Waals surface area contributed by atoms with Gasteiger partial charge < -0.3 is 14.8 Å². The SMILES string of the molecule is COCCN(CC(=O)Nc1ccc(Br)c(C)c1)C(=O)OC(C)(C)C. The fraction of sp³-hybridized carbons (Fsp3) is 0.529. The number of hydrogen-bond acceptors (Lipinski definition) is 4. The predicted octanol–water partition coefficient (Wildman–Crippen LogP) is 3.58. The highest BCUT2D eigenvalue weighted by molar-refractivity contribution is 9.10. The molecule has 0 saturated heterocycles. The Morgan fingerprint density at radius 3 is 2.50 bits per heavy atom. The Labute approximate surface area is 151 Å². The van der Waals surface area contributed by atoms with E-state index in [9.17, 15) is 9.59 Å². The number of aryl methyl sites for hydroxylation is 1. The van der Waals surface area contributed by atoms with E-state index in [-0.39, 0.29) is 19.0 Å². The van der Waals surface area contributed by atoms with E-state index < -0.39 is 11.7 Å². The average Bonchev–Trinajstić information content (AvgIpc) is 2.45. The van der Waals surface area contributed by atoms with Gasteiger partial charge in [0.25, 0.3) is 0 Å². The fourth-order valence-electron chi connectivity index (χ4n) is 1.86. The first-order valence-corrected chi connectivity index (χ1v) is 8.44. The van der Waals surface area contributed by atoms with Crippen LogP contribution in [0.5, 0.6) is 0 Å². The maximum Gasteiger partial charge on any atom is 0.410 e. The fourth-order valence-corrected chi connectivity index (χ4v) is 2.11. The Hall–Kier alpha value is -1.60. The zero-order chi connectivity index (χ0) is 18.3. The van der Waals surface area contributed by atoms with Crippen molar-refractivity contribution in [2.45, 2.75) is 33.3 Å². The van der Waals surface area contributed by atoms with Crippen molar-refractivity contribution >= 4 is 33.6 Å². The van der Waals surface area contributed by atoms with Crippen LogP contribution in [0.25, 0.3) is 0 Å². The first-order valence-electron chi connectivity index (χ1n) is 7.65. The number of nitrogens with zero attached hydrogens (tertiary/aromatic N) is 1. The van der Waals surface area contributed by atoms with Crippen molar-refractivity contribution in [2.24, 2.45) is 0 Å². The molecular formula is C17H25BrN2O4. The van der Waals surface area contributed by atoms with E-state index in [4.69, 9.17) is 9.47 Å². The molecule has 1 aromatic rings. The molecule has 2 amide bonds. The molecule has 0 bridgehead atoms. The molecule has 24 heavy (non-hydrogen) atoms. The molecule has 0 radical (unpaired) electrons. The van der Waals surface area contributed by atoms with Gasteiger partial charge in [0, 0.05) is 23.8 Å². The number of carbonyl (C=O) groups excluding carboxylic acids is 2. The summed E-state index contributed by atoms with van der Waals surface area (Å²) >= 11 is 3.42. The molecule has 0 aliphatic rings. The molecule has 7 heteroatoms. The van der Waals surface area contributed by atoms with Crippen LogP contribution >= 0.6 is 15.9 Å². The Bertz CT molecular complexity index is 584. The lowest BCUT2D eigenvalue weighted by Gasteiger charge is -2.26. The quantitative estimate of drug-likeness (QED) is 0.791. The summed E-state index contributed by atoms with van der Waals surface area (Å²) in [4.78, 5) is 25.8. The number of hydrogen-bond donors (Lipinski definition) is 1. The standard InChI is InChI=1S/C17H25BrN2O4/c1-12-10-13(6-7-14(12)18)19-15(21)11-20(8-9-23-5)16(22)24-17(2,3)4/h6-7,10H,8-9,11H2,1-5H3,(H,19,21). The lowest BCUT2D eigenvalue weighted by molar-refractivity contribution is -0.117. The summed E-state index contributed by atoms with van der Waals surface area (Å²) in [5.41, 5.74) is 1.06. The Morgan fingerprint density at radius 2 is 1.96 bits per heavy atom. The molecule has 0 heterocycles. The number of halogens is 1. The number of rotatable bonds is 6. The third kappa shape index (κ3) is 7.31. The van der Waals surface area contributed by atoms with Crippen LogP contribution in [-0.4, -0.2) is 49.3 Å². The smallest absolute Gasteiger partial charge is 0.410 e. The number of amides is 2. The number of benzene rings is 1. The molecule has 0 aliphatic carbocycles. The number of carbonyl (C=O) groups is 2. The van der Waals surface area contributed by atoms with Gasteiger partial charge in [-0.15, -0.1) is 0 Å². The van der Waals surface area contributed by atoms with Crippen LogP contribution < -0.4 is 5.32 Å². The van der Waals surface area contributed by atoms with Crippen molar-refractivity contribution in [1.29, 1.82) is 0 Å². The van der Waals surface area contributed by atoms with Crippen LogP contribution in [0.3, 0.4) is 0 Å². The average molecular weight is 401 g/mol. The molecule has 0 atom stereocenters. The summed E-state index contributed by atoms with van der Waals surface area (Å²) in [5.74, 6) is -0.293. The van der Waals surface area contributed by atoms with E-state index in [0.29, 0.717) is 12.3 Å². The summed E-state index contributed by atoms with van der Waals surface area (Å²) < 4.78 is 11.3. The number of ether oxygens (including phenoxy) is 2. The van der Waals surface area contributed by atoms with Crippen molar-refractivity contribution in [3.63, 3.8) is 0 Å². The van der Waals surface area contributed by atoms with E-state index in [0.717, 1.165) is 10.0 Å². The minimum absolute atomic E-state index is 0.104. The largest absolute Gasteiger partial charge is 0.444 e. The second kappa shape index (κ2) is 9.03. The second-order valence-electron chi connectivity index (χ2n) is 6.41. The summed E-state index contributed by atoms with van der Waals surface area (Å²) in [6.45, 7) is 7.78. The normalized spacial score (nSPS) is 11.1. The molecule has 1 N–H and O–H groups in total. The Morgan fingerprint density at radius 1 is 1.29 bits per heavy atom. The van der Waals surface area contributed by atoms with Gasteiger partial charge in [0.15, 0.2) is 0 Å². The lowest BCUT2D eigenvalue weighted by Crippen LogP contribution is -2.42. The van der Waals surface area contributed by atoms with Crippen LogP contribution in [0.1, 0.15) is 26.3 Å². The van der Waals surface area contributed by atoms with Gasteiger partial charge in [-0.25, -0.2) is 4.79 Å². The molecule has 134 valence electrons. The molecular weight excluding hydrogens is 376 g/mol. The molecule has 0 spiro atoms. The van der Waals surface area contributed by atoms with Gasteiger partial charge in [-0.1, -0.05) is 15.9 Å². The third-order valence-corrected chi connectivity index (χ3v) is 3.88. The van der Waals surface area contributed by atoms with E-state index in [1.807, 2.05) is 19.1 Å². The second-order valence-corrected chi connectivity index (χ2v) is 7.26. The molecule has 1 rings (SSSR count). The van der Waals surface area contributed by atoms with Crippen molar-refractivity contribution in [2.75, 3.05) is 32.1 Å². The minimum atomic E-state index is -0.623. The summed E-state index contributed by atoms with van der Waals surface area (Å²) in [6.07, 6.45) is -0.540. The number of anilines is 1. The van der Waals surface area contributed by atoms with E-state index in [2.05, 4.69) is 21.2 Å². The van der Waals surface area contributed by atoms with E-state index in [1.165, 1.54) is 12.0 Å². The van der Waals surface area contributed by atoms with Crippen LogP contribution in [0.2, 0.25) is 0 Å². The minimum Gasteiger partial charge on any atom is -0.444 e. The van der Waals surface area contributed by atoms with Crippen LogP contribution in [0, 0.1) is 6.92 Å². The molecule has 0 fully saturated rings. The molecule has 6 nitrogen and oxygen atoms in total. The summed E-state index contributed by atoms with van der Waals surface area (Å²) in [5, 5.41) is 2.78. The van der Waals surface area contributed by atoms with Crippen LogP contribution in [0.15, 0.2) is 22.7 Å². The lowest BCUT2D eigenvalue weighted by atomic mass is 10.2. The summed E-state index contributed by atoms with van der Waals surface area (Å²) in [7, 11) is 1.54. The van der Waals surface area contributed by atoms with Gasteiger partial charge in [-0.2, -0.15) is 0 Å². The van der Waals surface area contributed by atoms with Gasteiger partial charge >= 0.3 is 6.09 Å². The third-order valence-electron chi connectivity index (χ3n) is 2.99. The highest BCUT2D eigenvalue weighted by atomic mass is 79.9. The Kier molecular flexibility index (Phi) is 7.69. The van der Waals surface area contributed by atoms with Gasteiger partial charge in [-0.05, 0) is 51.5 Å².